The predicted octanol–water partition coefficient (Wildman–Crippen LogP) is 4.85. The lowest BCUT2D eigenvalue weighted by atomic mass is 10.2. The van der Waals surface area contributed by atoms with Gasteiger partial charge in [0.05, 0.1) is 15.9 Å². The van der Waals surface area contributed by atoms with Crippen molar-refractivity contribution in [2.75, 3.05) is 17.9 Å². The molecular formula is C23H20ClN3O4S. The van der Waals surface area contributed by atoms with Gasteiger partial charge < -0.3 is 9.47 Å². The van der Waals surface area contributed by atoms with Crippen LogP contribution in [0.15, 0.2) is 77.8 Å². The van der Waals surface area contributed by atoms with E-state index >= 15 is 0 Å². The highest BCUT2D eigenvalue weighted by Crippen LogP contribution is 2.30. The fraction of sp³-hybridized carbons (Fsp3) is 0.130. The SMILES string of the molecule is Cc1c(Cl)cccc1S(=O)(=O)Nc1cc2ncccc2nc1OCCOc1ccccc1. The summed E-state index contributed by atoms with van der Waals surface area (Å²) in [4.78, 5) is 8.77. The first kappa shape index (κ1) is 21.9. The molecule has 2 heterocycles. The monoisotopic (exact) mass is 469 g/mol. The van der Waals surface area contributed by atoms with Crippen molar-refractivity contribution in [2.45, 2.75) is 11.8 Å². The highest BCUT2D eigenvalue weighted by atomic mass is 35.5. The minimum atomic E-state index is -3.94. The third-order valence-electron chi connectivity index (χ3n) is 4.64. The predicted molar refractivity (Wildman–Crippen MR) is 124 cm³/mol. The first-order chi connectivity index (χ1) is 15.4. The second-order valence-corrected chi connectivity index (χ2v) is 8.92. The summed E-state index contributed by atoms with van der Waals surface area (Å²) in [5.74, 6) is 0.842. The molecule has 2 aromatic heterocycles. The van der Waals surface area contributed by atoms with Crippen LogP contribution in [0.4, 0.5) is 5.69 Å². The average molecular weight is 470 g/mol. The quantitative estimate of drug-likeness (QED) is 0.371. The molecule has 0 bridgehead atoms. The van der Waals surface area contributed by atoms with Crippen molar-refractivity contribution < 1.29 is 17.9 Å². The maximum absolute atomic E-state index is 13.1. The second kappa shape index (κ2) is 9.42. The van der Waals surface area contributed by atoms with Gasteiger partial charge in [0, 0.05) is 11.2 Å². The van der Waals surface area contributed by atoms with Gasteiger partial charge >= 0.3 is 0 Å². The maximum Gasteiger partial charge on any atom is 0.262 e. The fourth-order valence-electron chi connectivity index (χ4n) is 3.06. The summed E-state index contributed by atoms with van der Waals surface area (Å²) in [6.45, 7) is 2.07. The number of halogens is 1. The molecule has 0 radical (unpaired) electrons. The molecule has 164 valence electrons. The molecule has 0 saturated carbocycles. The number of fused-ring (bicyclic) bond motifs is 1. The third-order valence-corrected chi connectivity index (χ3v) is 6.55. The third kappa shape index (κ3) is 4.92. The summed E-state index contributed by atoms with van der Waals surface area (Å²) in [6.07, 6.45) is 1.61. The van der Waals surface area contributed by atoms with Crippen molar-refractivity contribution in [3.05, 3.63) is 83.5 Å². The van der Waals surface area contributed by atoms with E-state index in [1.807, 2.05) is 30.3 Å². The number of aromatic nitrogens is 2. The van der Waals surface area contributed by atoms with Gasteiger partial charge in [0.25, 0.3) is 10.0 Å². The largest absolute Gasteiger partial charge is 0.490 e. The van der Waals surface area contributed by atoms with Crippen molar-refractivity contribution in [3.63, 3.8) is 0 Å². The van der Waals surface area contributed by atoms with E-state index in [0.29, 0.717) is 27.4 Å². The highest BCUT2D eigenvalue weighted by Gasteiger charge is 2.21. The number of nitrogens with one attached hydrogen (secondary N) is 1. The summed E-state index contributed by atoms with van der Waals surface area (Å²) in [6, 6.07) is 19.2. The van der Waals surface area contributed by atoms with E-state index < -0.39 is 10.0 Å². The second-order valence-electron chi connectivity index (χ2n) is 6.86. The molecule has 0 atom stereocenters. The van der Waals surface area contributed by atoms with E-state index in [4.69, 9.17) is 21.1 Å². The van der Waals surface area contributed by atoms with Crippen LogP contribution in [0.1, 0.15) is 5.56 Å². The number of pyridine rings is 2. The average Bonchev–Trinajstić information content (AvgIpc) is 2.79. The molecule has 0 amide bonds. The Kier molecular flexibility index (Phi) is 6.43. The first-order valence-corrected chi connectivity index (χ1v) is 11.6. The van der Waals surface area contributed by atoms with Crippen LogP contribution in [-0.4, -0.2) is 31.6 Å². The van der Waals surface area contributed by atoms with Crippen molar-refractivity contribution in [3.8, 4) is 11.6 Å². The molecule has 0 aliphatic heterocycles. The van der Waals surface area contributed by atoms with Gasteiger partial charge in [-0.3, -0.25) is 9.71 Å². The summed E-state index contributed by atoms with van der Waals surface area (Å²) in [5, 5.41) is 0.362. The van der Waals surface area contributed by atoms with Crippen molar-refractivity contribution in [1.29, 1.82) is 0 Å². The van der Waals surface area contributed by atoms with Crippen LogP contribution >= 0.6 is 11.6 Å². The Morgan fingerprint density at radius 2 is 1.72 bits per heavy atom. The topological polar surface area (TPSA) is 90.4 Å². The van der Waals surface area contributed by atoms with Crippen molar-refractivity contribution in [1.82, 2.24) is 9.97 Å². The first-order valence-electron chi connectivity index (χ1n) is 9.78. The van der Waals surface area contributed by atoms with Gasteiger partial charge in [-0.15, -0.1) is 0 Å². The number of ether oxygens (including phenoxy) is 2. The van der Waals surface area contributed by atoms with E-state index in [0.717, 1.165) is 0 Å². The Morgan fingerprint density at radius 3 is 2.53 bits per heavy atom. The van der Waals surface area contributed by atoms with Crippen LogP contribution in [0.5, 0.6) is 11.6 Å². The summed E-state index contributed by atoms with van der Waals surface area (Å²) >= 11 is 6.11. The lowest BCUT2D eigenvalue weighted by Crippen LogP contribution is -2.17. The van der Waals surface area contributed by atoms with Crippen molar-refractivity contribution in [2.24, 2.45) is 0 Å². The molecule has 0 unspecified atom stereocenters. The van der Waals surface area contributed by atoms with Crippen LogP contribution in [0.25, 0.3) is 11.0 Å². The lowest BCUT2D eigenvalue weighted by molar-refractivity contribution is 0.213. The number of para-hydroxylation sites is 1. The van der Waals surface area contributed by atoms with Crippen molar-refractivity contribution >= 4 is 38.3 Å². The Morgan fingerprint density at radius 1 is 0.938 bits per heavy atom. The fourth-order valence-corrected chi connectivity index (χ4v) is 4.61. The van der Waals surface area contributed by atoms with Gasteiger partial charge in [-0.25, -0.2) is 13.4 Å². The number of rotatable bonds is 8. The minimum absolute atomic E-state index is 0.0736. The number of anilines is 1. The van der Waals surface area contributed by atoms with Crippen LogP contribution in [0, 0.1) is 6.92 Å². The number of hydrogen-bond acceptors (Lipinski definition) is 6. The molecule has 9 heteroatoms. The molecule has 0 spiro atoms. The molecule has 0 saturated heterocycles. The van der Waals surface area contributed by atoms with Crippen LogP contribution < -0.4 is 14.2 Å². The Balaban J connectivity index is 1.60. The molecule has 7 nitrogen and oxygen atoms in total. The van der Waals surface area contributed by atoms with Crippen LogP contribution in [-0.2, 0) is 10.0 Å². The molecule has 0 aliphatic carbocycles. The Hall–Kier alpha value is -3.36. The molecule has 32 heavy (non-hydrogen) atoms. The molecule has 4 rings (SSSR count). The van der Waals surface area contributed by atoms with Gasteiger partial charge in [0.15, 0.2) is 0 Å². The van der Waals surface area contributed by atoms with E-state index in [1.54, 1.807) is 43.5 Å². The molecule has 4 aromatic rings. The maximum atomic E-state index is 13.1. The molecule has 0 fully saturated rings. The molecular weight excluding hydrogens is 450 g/mol. The van der Waals surface area contributed by atoms with Gasteiger partial charge in [0.2, 0.25) is 5.88 Å². The van der Waals surface area contributed by atoms with E-state index in [2.05, 4.69) is 14.7 Å². The molecule has 1 N–H and O–H groups in total. The van der Waals surface area contributed by atoms with Gasteiger partial charge in [-0.2, -0.15) is 0 Å². The van der Waals surface area contributed by atoms with E-state index in [1.165, 1.54) is 6.07 Å². The van der Waals surface area contributed by atoms with Gasteiger partial charge in [0.1, 0.15) is 24.7 Å². The number of hydrogen-bond donors (Lipinski definition) is 1. The van der Waals surface area contributed by atoms with E-state index in [-0.39, 0.29) is 29.7 Å². The Bertz CT molecular complexity index is 1350. The normalized spacial score (nSPS) is 11.3. The zero-order chi connectivity index (χ0) is 22.6. The standard InChI is InChI=1S/C23H20ClN3O4S/c1-16-18(24)9-5-11-22(16)32(28,29)27-21-15-20-19(10-6-12-25-20)26-23(21)31-14-13-30-17-7-3-2-4-8-17/h2-12,15,27H,13-14H2,1H3. The zero-order valence-electron chi connectivity index (χ0n) is 17.2. The number of sulfonamides is 1. The van der Waals surface area contributed by atoms with Crippen LogP contribution in [0.2, 0.25) is 5.02 Å². The smallest absolute Gasteiger partial charge is 0.262 e. The highest BCUT2D eigenvalue weighted by molar-refractivity contribution is 7.92. The van der Waals surface area contributed by atoms with Crippen LogP contribution in [0.3, 0.4) is 0 Å². The number of benzene rings is 2. The summed E-state index contributed by atoms with van der Waals surface area (Å²) in [7, 11) is -3.94. The Labute approximate surface area is 191 Å². The summed E-state index contributed by atoms with van der Waals surface area (Å²) < 4.78 is 40.1. The van der Waals surface area contributed by atoms with Gasteiger partial charge in [-0.05, 0) is 55.0 Å². The van der Waals surface area contributed by atoms with Gasteiger partial charge in [-0.1, -0.05) is 35.9 Å². The lowest BCUT2D eigenvalue weighted by Gasteiger charge is -2.15. The summed E-state index contributed by atoms with van der Waals surface area (Å²) in [5.41, 5.74) is 1.73. The number of nitrogens with zero attached hydrogens (tertiary/aromatic N) is 2. The van der Waals surface area contributed by atoms with E-state index in [9.17, 15) is 8.42 Å². The minimum Gasteiger partial charge on any atom is -0.490 e. The molecule has 2 aromatic carbocycles. The molecule has 0 aliphatic rings. The zero-order valence-corrected chi connectivity index (χ0v) is 18.7.